The number of alkyl halides is 3. The van der Waals surface area contributed by atoms with E-state index in [2.05, 4.69) is 4.90 Å². The Balaban J connectivity index is 0.000000212. The van der Waals surface area contributed by atoms with E-state index in [0.717, 1.165) is 29.8 Å². The molecule has 55 heavy (non-hydrogen) atoms. The topological polar surface area (TPSA) is 120 Å². The molecule has 2 heterocycles. The molecule has 0 radical (unpaired) electrons. The SMILES string of the molecule is O=C(O)c1ccc(N2CCCN(C(=O)OCc3ccccc3)CC2)cc1.O=C(OCc1ccccc1)N1CCCN(c2ccc(C(=O)C(F)(F)F)cc2)CC1. The van der Waals surface area contributed by atoms with Crippen LogP contribution in [0.4, 0.5) is 34.1 Å². The van der Waals surface area contributed by atoms with Crippen molar-refractivity contribution in [2.45, 2.75) is 32.2 Å². The van der Waals surface area contributed by atoms with Crippen molar-refractivity contribution < 1.29 is 46.9 Å². The number of carboxylic acid groups (broad SMARTS) is 1. The molecule has 0 saturated carbocycles. The summed E-state index contributed by atoms with van der Waals surface area (Å²) in [6.45, 7) is 5.35. The molecule has 11 nitrogen and oxygen atoms in total. The van der Waals surface area contributed by atoms with Gasteiger partial charge in [0.1, 0.15) is 13.2 Å². The van der Waals surface area contributed by atoms with E-state index < -0.39 is 17.9 Å². The first kappa shape index (κ1) is 40.1. The third-order valence-corrected chi connectivity index (χ3v) is 9.15. The maximum Gasteiger partial charge on any atom is 0.454 e. The van der Waals surface area contributed by atoms with Crippen LogP contribution >= 0.6 is 0 Å². The fourth-order valence-corrected chi connectivity index (χ4v) is 6.14. The highest BCUT2D eigenvalue weighted by Crippen LogP contribution is 2.24. The summed E-state index contributed by atoms with van der Waals surface area (Å²) in [7, 11) is 0. The number of carboxylic acids is 1. The van der Waals surface area contributed by atoms with Crippen LogP contribution in [0.5, 0.6) is 0 Å². The monoisotopic (exact) mass is 760 g/mol. The first-order valence-electron chi connectivity index (χ1n) is 17.9. The highest BCUT2D eigenvalue weighted by atomic mass is 19.4. The lowest BCUT2D eigenvalue weighted by Crippen LogP contribution is -2.35. The number of hydrogen-bond acceptors (Lipinski definition) is 8. The van der Waals surface area contributed by atoms with Crippen molar-refractivity contribution in [1.82, 2.24) is 9.80 Å². The minimum atomic E-state index is -4.88. The average molecular weight is 761 g/mol. The number of ketones is 1. The number of Topliss-reactive ketones (excluding diaryl/α,β-unsaturated/α-hetero) is 1. The van der Waals surface area contributed by atoms with Crippen molar-refractivity contribution >= 4 is 35.3 Å². The number of hydrogen-bond donors (Lipinski definition) is 1. The Morgan fingerprint density at radius 3 is 1.31 bits per heavy atom. The summed E-state index contributed by atoms with van der Waals surface area (Å²) in [5.74, 6) is -2.79. The summed E-state index contributed by atoms with van der Waals surface area (Å²) in [6, 6.07) is 31.2. The van der Waals surface area contributed by atoms with E-state index in [1.165, 1.54) is 24.3 Å². The number of halogens is 3. The molecule has 2 fully saturated rings. The molecule has 2 amide bonds. The van der Waals surface area contributed by atoms with Gasteiger partial charge in [-0.2, -0.15) is 13.2 Å². The second-order valence-corrected chi connectivity index (χ2v) is 13.0. The molecule has 2 aliphatic heterocycles. The highest BCUT2D eigenvalue weighted by Gasteiger charge is 2.39. The van der Waals surface area contributed by atoms with Crippen LogP contribution in [0, 0.1) is 0 Å². The Hall–Kier alpha value is -6.05. The number of amides is 2. The van der Waals surface area contributed by atoms with Crippen LogP contribution in [0.3, 0.4) is 0 Å². The fourth-order valence-electron chi connectivity index (χ4n) is 6.14. The van der Waals surface area contributed by atoms with Gasteiger partial charge in [0, 0.05) is 69.3 Å². The summed E-state index contributed by atoms with van der Waals surface area (Å²) >= 11 is 0. The van der Waals surface area contributed by atoms with Crippen LogP contribution in [0.15, 0.2) is 109 Å². The molecule has 0 atom stereocenters. The third kappa shape index (κ3) is 12.0. The summed E-state index contributed by atoms with van der Waals surface area (Å²) < 4.78 is 48.3. The molecule has 1 N–H and O–H groups in total. The lowest BCUT2D eigenvalue weighted by molar-refractivity contribution is -0.0885. The number of aromatic carboxylic acids is 1. The molecule has 0 unspecified atom stereocenters. The van der Waals surface area contributed by atoms with Gasteiger partial charge in [0.2, 0.25) is 0 Å². The summed E-state index contributed by atoms with van der Waals surface area (Å²) in [5.41, 5.74) is 3.44. The van der Waals surface area contributed by atoms with Gasteiger partial charge in [0.05, 0.1) is 5.56 Å². The standard InChI is InChI=1S/C21H21F3N2O3.C20H22N2O4/c22-21(23,24)19(27)17-7-9-18(10-8-17)25-11-4-12-26(14-13-25)20(28)29-15-16-5-2-1-3-6-16;23-19(24)17-7-9-18(10-8-17)21-11-4-12-22(14-13-21)20(25)26-15-16-5-2-1-3-6-16/h1-3,5-10H,4,11-15H2;1-3,5-10H,4,11-15H2,(H,23,24). The van der Waals surface area contributed by atoms with E-state index in [9.17, 15) is 32.3 Å². The number of benzene rings is 4. The van der Waals surface area contributed by atoms with E-state index in [1.54, 1.807) is 21.9 Å². The van der Waals surface area contributed by atoms with Crippen LogP contribution in [0.1, 0.15) is 44.7 Å². The van der Waals surface area contributed by atoms with Gasteiger partial charge >= 0.3 is 24.3 Å². The first-order valence-corrected chi connectivity index (χ1v) is 17.9. The van der Waals surface area contributed by atoms with Gasteiger partial charge in [-0.25, -0.2) is 14.4 Å². The summed E-state index contributed by atoms with van der Waals surface area (Å²) in [4.78, 5) is 54.4. The molecule has 0 bridgehead atoms. The van der Waals surface area contributed by atoms with Crippen molar-refractivity contribution in [3.63, 3.8) is 0 Å². The zero-order valence-electron chi connectivity index (χ0n) is 30.2. The van der Waals surface area contributed by atoms with Gasteiger partial charge in [-0.1, -0.05) is 60.7 Å². The Morgan fingerprint density at radius 1 is 0.527 bits per heavy atom. The lowest BCUT2D eigenvalue weighted by Gasteiger charge is -2.23. The molecule has 14 heteroatoms. The Labute approximate surface area is 317 Å². The van der Waals surface area contributed by atoms with Gasteiger partial charge in [-0.3, -0.25) is 4.79 Å². The molecule has 0 aromatic heterocycles. The first-order chi connectivity index (χ1) is 26.5. The Bertz CT molecular complexity index is 1860. The van der Waals surface area contributed by atoms with E-state index in [1.807, 2.05) is 77.7 Å². The minimum Gasteiger partial charge on any atom is -0.478 e. The van der Waals surface area contributed by atoms with Crippen molar-refractivity contribution in [3.05, 3.63) is 131 Å². The van der Waals surface area contributed by atoms with Crippen molar-refractivity contribution in [2.75, 3.05) is 62.2 Å². The fraction of sp³-hybridized carbons (Fsp3) is 0.317. The van der Waals surface area contributed by atoms with E-state index >= 15 is 0 Å². The smallest absolute Gasteiger partial charge is 0.454 e. The molecular weight excluding hydrogens is 717 g/mol. The maximum atomic E-state index is 12.5. The Kier molecular flexibility index (Phi) is 14.1. The second kappa shape index (κ2) is 19.3. The van der Waals surface area contributed by atoms with Crippen LogP contribution in [0.25, 0.3) is 0 Å². The average Bonchev–Trinajstić information content (AvgIpc) is 3.62. The quantitative estimate of drug-likeness (QED) is 0.182. The molecule has 0 aliphatic carbocycles. The van der Waals surface area contributed by atoms with Crippen molar-refractivity contribution in [3.8, 4) is 0 Å². The van der Waals surface area contributed by atoms with Gasteiger partial charge < -0.3 is 34.2 Å². The number of carbonyl (C=O) groups excluding carboxylic acids is 3. The number of carbonyl (C=O) groups is 4. The highest BCUT2D eigenvalue weighted by molar-refractivity contribution is 6.00. The van der Waals surface area contributed by atoms with Gasteiger partial charge in [0.15, 0.2) is 0 Å². The lowest BCUT2D eigenvalue weighted by atomic mass is 10.1. The molecule has 6 rings (SSSR count). The number of anilines is 2. The predicted octanol–water partition coefficient (Wildman–Crippen LogP) is 7.51. The predicted molar refractivity (Wildman–Crippen MR) is 200 cm³/mol. The molecule has 4 aromatic carbocycles. The van der Waals surface area contributed by atoms with Gasteiger partial charge in [0.25, 0.3) is 5.78 Å². The van der Waals surface area contributed by atoms with Crippen LogP contribution in [0.2, 0.25) is 0 Å². The zero-order valence-corrected chi connectivity index (χ0v) is 30.2. The van der Waals surface area contributed by atoms with E-state index in [-0.39, 0.29) is 36.5 Å². The molecule has 4 aromatic rings. The molecule has 2 aliphatic rings. The molecule has 0 spiro atoms. The van der Waals surface area contributed by atoms with Crippen molar-refractivity contribution in [2.24, 2.45) is 0 Å². The van der Waals surface area contributed by atoms with E-state index in [0.29, 0.717) is 57.9 Å². The van der Waals surface area contributed by atoms with Gasteiger partial charge in [-0.05, 0) is 72.5 Å². The number of nitrogens with zero attached hydrogens (tertiary/aromatic N) is 4. The molecular formula is C41H43F3N4O7. The zero-order chi connectivity index (χ0) is 39.2. The van der Waals surface area contributed by atoms with Crippen molar-refractivity contribution in [1.29, 1.82) is 0 Å². The number of rotatable bonds is 8. The van der Waals surface area contributed by atoms with Crippen LogP contribution in [-0.2, 0) is 22.7 Å². The molecule has 2 saturated heterocycles. The van der Waals surface area contributed by atoms with Gasteiger partial charge in [-0.15, -0.1) is 0 Å². The van der Waals surface area contributed by atoms with E-state index in [4.69, 9.17) is 14.6 Å². The summed E-state index contributed by atoms with van der Waals surface area (Å²) in [5, 5.41) is 8.99. The van der Waals surface area contributed by atoms with Crippen LogP contribution < -0.4 is 9.80 Å². The normalized spacial score (nSPS) is 14.8. The van der Waals surface area contributed by atoms with Crippen LogP contribution in [-0.4, -0.2) is 97.4 Å². The third-order valence-electron chi connectivity index (χ3n) is 9.15. The number of ether oxygens (including phenoxy) is 2. The summed E-state index contributed by atoms with van der Waals surface area (Å²) in [6.07, 6.45) is -4.03. The largest absolute Gasteiger partial charge is 0.478 e. The maximum absolute atomic E-state index is 12.5. The molecule has 290 valence electrons. The Morgan fingerprint density at radius 2 is 0.927 bits per heavy atom. The second-order valence-electron chi connectivity index (χ2n) is 13.0. The minimum absolute atomic E-state index is 0.203.